The molecule has 1 saturated carbocycles. The van der Waals surface area contributed by atoms with Crippen molar-refractivity contribution in [3.63, 3.8) is 0 Å². The van der Waals surface area contributed by atoms with Crippen molar-refractivity contribution in [2.24, 2.45) is 11.8 Å². The Balaban J connectivity index is 2.05. The Morgan fingerprint density at radius 2 is 2.00 bits per heavy atom. The summed E-state index contributed by atoms with van der Waals surface area (Å²) in [6, 6.07) is 4.32. The molecule has 1 aliphatic carbocycles. The average molecular weight is 276 g/mol. The molecule has 0 bridgehead atoms. The zero-order chi connectivity index (χ0) is 14.9. The molecule has 1 fully saturated rings. The number of aryl methyl sites for hydroxylation is 2. The molecule has 3 unspecified atom stereocenters. The van der Waals surface area contributed by atoms with Gasteiger partial charge in [-0.05, 0) is 61.3 Å². The maximum Gasteiger partial charge on any atom is 0.308 e. The summed E-state index contributed by atoms with van der Waals surface area (Å²) in [6.45, 7) is 6.43. The maximum atomic E-state index is 11.5. The first kappa shape index (κ1) is 14.9. The van der Waals surface area contributed by atoms with Crippen LogP contribution in [0.25, 0.3) is 0 Å². The summed E-state index contributed by atoms with van der Waals surface area (Å²) in [5.41, 5.74) is 3.79. The van der Waals surface area contributed by atoms with Gasteiger partial charge in [0.05, 0.1) is 20.1 Å². The lowest BCUT2D eigenvalue weighted by Crippen LogP contribution is -2.06. The molecular weight excluding hydrogens is 252 g/mol. The van der Waals surface area contributed by atoms with Crippen LogP contribution < -0.4 is 4.74 Å². The summed E-state index contributed by atoms with van der Waals surface area (Å²) in [5, 5.41) is 0. The molecule has 3 atom stereocenters. The summed E-state index contributed by atoms with van der Waals surface area (Å²) >= 11 is 0. The van der Waals surface area contributed by atoms with Crippen LogP contribution in [0.2, 0.25) is 0 Å². The van der Waals surface area contributed by atoms with Crippen molar-refractivity contribution < 1.29 is 14.3 Å². The molecule has 0 spiro atoms. The molecule has 0 radical (unpaired) electrons. The molecule has 0 amide bonds. The molecule has 3 nitrogen and oxygen atoms in total. The first-order chi connectivity index (χ1) is 9.47. The topological polar surface area (TPSA) is 35.5 Å². The normalized spacial score (nSPS) is 22.2. The lowest BCUT2D eigenvalue weighted by atomic mass is 9.90. The van der Waals surface area contributed by atoms with Gasteiger partial charge in [-0.3, -0.25) is 4.79 Å². The van der Waals surface area contributed by atoms with E-state index in [1.54, 1.807) is 7.11 Å². The maximum absolute atomic E-state index is 11.5. The van der Waals surface area contributed by atoms with Gasteiger partial charge in [-0.15, -0.1) is 0 Å². The molecule has 1 aromatic rings. The van der Waals surface area contributed by atoms with Crippen LogP contribution in [-0.4, -0.2) is 20.2 Å². The summed E-state index contributed by atoms with van der Waals surface area (Å²) < 4.78 is 10.2. The number of hydrogen-bond acceptors (Lipinski definition) is 3. The van der Waals surface area contributed by atoms with Gasteiger partial charge in [0, 0.05) is 0 Å². The van der Waals surface area contributed by atoms with E-state index >= 15 is 0 Å². The van der Waals surface area contributed by atoms with E-state index in [9.17, 15) is 4.79 Å². The van der Waals surface area contributed by atoms with E-state index < -0.39 is 0 Å². The van der Waals surface area contributed by atoms with Crippen molar-refractivity contribution >= 4 is 5.97 Å². The second kappa shape index (κ2) is 5.86. The molecule has 20 heavy (non-hydrogen) atoms. The fourth-order valence-electron chi connectivity index (χ4n) is 3.09. The Bertz CT molecular complexity index is 507. The number of methoxy groups -OCH3 is 2. The van der Waals surface area contributed by atoms with Crippen molar-refractivity contribution in [1.29, 1.82) is 0 Å². The number of ether oxygens (including phenoxy) is 2. The number of hydrogen-bond donors (Lipinski definition) is 0. The van der Waals surface area contributed by atoms with Crippen molar-refractivity contribution in [2.45, 2.75) is 39.5 Å². The molecule has 0 aromatic heterocycles. The summed E-state index contributed by atoms with van der Waals surface area (Å²) in [7, 11) is 3.17. The summed E-state index contributed by atoms with van der Waals surface area (Å²) in [6.07, 6.45) is 2.03. The number of benzene rings is 1. The van der Waals surface area contributed by atoms with E-state index in [-0.39, 0.29) is 11.9 Å². The summed E-state index contributed by atoms with van der Waals surface area (Å²) in [4.78, 5) is 11.5. The second-order valence-electron chi connectivity index (χ2n) is 5.94. The third kappa shape index (κ3) is 2.97. The first-order valence-electron chi connectivity index (χ1n) is 7.20. The minimum absolute atomic E-state index is 0.0511. The van der Waals surface area contributed by atoms with Gasteiger partial charge in [-0.2, -0.15) is 0 Å². The van der Waals surface area contributed by atoms with Gasteiger partial charge in [0.2, 0.25) is 0 Å². The van der Waals surface area contributed by atoms with Crippen LogP contribution in [0.3, 0.4) is 0 Å². The molecular formula is C17H24O3. The van der Waals surface area contributed by atoms with Crippen LogP contribution in [0.5, 0.6) is 5.75 Å². The minimum atomic E-state index is -0.0511. The highest BCUT2D eigenvalue weighted by Crippen LogP contribution is 2.46. The fourth-order valence-corrected chi connectivity index (χ4v) is 3.09. The first-order valence-corrected chi connectivity index (χ1v) is 7.20. The smallest absolute Gasteiger partial charge is 0.308 e. The molecule has 3 heteroatoms. The minimum Gasteiger partial charge on any atom is -0.496 e. The highest BCUT2D eigenvalue weighted by Gasteiger charge is 2.44. The van der Waals surface area contributed by atoms with Crippen LogP contribution in [0.15, 0.2) is 12.1 Å². The van der Waals surface area contributed by atoms with Crippen molar-refractivity contribution in [3.05, 3.63) is 28.8 Å². The molecule has 0 aliphatic heterocycles. The lowest BCUT2D eigenvalue weighted by molar-refractivity contribution is -0.142. The molecule has 1 aliphatic rings. The Hall–Kier alpha value is -1.51. The molecule has 1 aromatic carbocycles. The predicted molar refractivity (Wildman–Crippen MR) is 79.1 cm³/mol. The standard InChI is InChI=1S/C17H24O3/c1-10(6-13-9-15(13)17(18)20-5)14-7-12(3)16(19-4)8-11(14)2/h7-8,10,13,15H,6,9H2,1-5H3. The second-order valence-corrected chi connectivity index (χ2v) is 5.94. The quantitative estimate of drug-likeness (QED) is 0.771. The third-order valence-corrected chi connectivity index (χ3v) is 4.40. The number of rotatable bonds is 5. The highest BCUT2D eigenvalue weighted by atomic mass is 16.5. The van der Waals surface area contributed by atoms with Crippen LogP contribution in [0.1, 0.15) is 42.4 Å². The summed E-state index contributed by atoms with van der Waals surface area (Å²) in [5.74, 6) is 1.96. The molecule has 0 saturated heterocycles. The van der Waals surface area contributed by atoms with Gasteiger partial charge in [0.1, 0.15) is 5.75 Å². The van der Waals surface area contributed by atoms with Crippen LogP contribution in [0.4, 0.5) is 0 Å². The largest absolute Gasteiger partial charge is 0.496 e. The van der Waals surface area contributed by atoms with Gasteiger partial charge < -0.3 is 9.47 Å². The van der Waals surface area contributed by atoms with E-state index in [4.69, 9.17) is 9.47 Å². The highest BCUT2D eigenvalue weighted by molar-refractivity contribution is 5.75. The van der Waals surface area contributed by atoms with E-state index in [0.717, 1.165) is 18.6 Å². The Morgan fingerprint density at radius 3 is 2.60 bits per heavy atom. The Kier molecular flexibility index (Phi) is 4.36. The van der Waals surface area contributed by atoms with Crippen molar-refractivity contribution in [1.82, 2.24) is 0 Å². The van der Waals surface area contributed by atoms with E-state index in [1.165, 1.54) is 23.8 Å². The predicted octanol–water partition coefficient (Wildman–Crippen LogP) is 3.61. The molecule has 2 rings (SSSR count). The Morgan fingerprint density at radius 1 is 1.30 bits per heavy atom. The zero-order valence-corrected chi connectivity index (χ0v) is 13.0. The molecule has 110 valence electrons. The van der Waals surface area contributed by atoms with Gasteiger partial charge in [0.25, 0.3) is 0 Å². The van der Waals surface area contributed by atoms with Crippen LogP contribution >= 0.6 is 0 Å². The molecule has 0 N–H and O–H groups in total. The van der Waals surface area contributed by atoms with Gasteiger partial charge in [0.15, 0.2) is 0 Å². The Labute approximate surface area is 121 Å². The number of carbonyl (C=O) groups is 1. The van der Waals surface area contributed by atoms with E-state index in [1.807, 2.05) is 0 Å². The van der Waals surface area contributed by atoms with Gasteiger partial charge in [-0.1, -0.05) is 13.0 Å². The average Bonchev–Trinajstić information content (AvgIpc) is 3.18. The monoisotopic (exact) mass is 276 g/mol. The van der Waals surface area contributed by atoms with Crippen molar-refractivity contribution in [3.8, 4) is 5.75 Å². The zero-order valence-electron chi connectivity index (χ0n) is 13.0. The SMILES string of the molecule is COC(=O)C1CC1CC(C)c1cc(C)c(OC)cc1C. The number of esters is 1. The van der Waals surface area contributed by atoms with Crippen LogP contribution in [-0.2, 0) is 9.53 Å². The lowest BCUT2D eigenvalue weighted by Gasteiger charge is -2.17. The van der Waals surface area contributed by atoms with Crippen LogP contribution in [0, 0.1) is 25.7 Å². The van der Waals surface area contributed by atoms with Gasteiger partial charge >= 0.3 is 5.97 Å². The fraction of sp³-hybridized carbons (Fsp3) is 0.588. The van der Waals surface area contributed by atoms with E-state index in [0.29, 0.717) is 11.8 Å². The number of carbonyl (C=O) groups excluding carboxylic acids is 1. The third-order valence-electron chi connectivity index (χ3n) is 4.40. The van der Waals surface area contributed by atoms with Crippen molar-refractivity contribution in [2.75, 3.05) is 14.2 Å². The van der Waals surface area contributed by atoms with Gasteiger partial charge in [-0.25, -0.2) is 0 Å². The molecule has 0 heterocycles. The van der Waals surface area contributed by atoms with E-state index in [2.05, 4.69) is 32.9 Å².